The molecule has 26 heavy (non-hydrogen) atoms. The Labute approximate surface area is 148 Å². The zero-order valence-corrected chi connectivity index (χ0v) is 13.9. The van der Waals surface area contributed by atoms with E-state index < -0.39 is 5.91 Å². The number of carbonyl (C=O) groups excluding carboxylic acids is 1. The van der Waals surface area contributed by atoms with Crippen LogP contribution in [0.4, 0.5) is 11.5 Å². The summed E-state index contributed by atoms with van der Waals surface area (Å²) in [7, 11) is 1.81. The Morgan fingerprint density at radius 1 is 1.12 bits per heavy atom. The van der Waals surface area contributed by atoms with Crippen LogP contribution in [-0.4, -0.2) is 30.6 Å². The van der Waals surface area contributed by atoms with Crippen molar-refractivity contribution in [2.45, 2.75) is 0 Å². The van der Waals surface area contributed by atoms with Crippen LogP contribution in [-0.2, 0) is 7.05 Å². The summed E-state index contributed by atoms with van der Waals surface area (Å²) in [4.78, 5) is 25.0. The van der Waals surface area contributed by atoms with Crippen molar-refractivity contribution in [2.24, 2.45) is 12.8 Å². The third-order valence-electron chi connectivity index (χ3n) is 3.96. The van der Waals surface area contributed by atoms with Crippen LogP contribution in [0.1, 0.15) is 10.4 Å². The number of carbonyl (C=O) groups is 1. The van der Waals surface area contributed by atoms with Crippen LogP contribution < -0.4 is 11.1 Å². The Morgan fingerprint density at radius 2 is 1.96 bits per heavy atom. The average Bonchev–Trinajstić information content (AvgIpc) is 3.04. The van der Waals surface area contributed by atoms with E-state index in [1.54, 1.807) is 41.5 Å². The standard InChI is InChI=1S/C18H15N7O/c1-25-18-13(10-21-25)17(22-14-7-3-2-6-12(14)15(19)26)23-16(24-18)11-5-4-8-20-9-11/h2-10H,1H3,(H2,19,26)(H,22,23,24). The number of benzene rings is 1. The number of aromatic nitrogens is 5. The number of nitrogens with two attached hydrogens (primary N) is 1. The number of rotatable bonds is 4. The monoisotopic (exact) mass is 345 g/mol. The number of anilines is 2. The van der Waals surface area contributed by atoms with Crippen LogP contribution in [0.15, 0.2) is 55.0 Å². The van der Waals surface area contributed by atoms with E-state index in [4.69, 9.17) is 5.73 Å². The molecule has 128 valence electrons. The Kier molecular flexibility index (Phi) is 3.77. The summed E-state index contributed by atoms with van der Waals surface area (Å²) in [6.07, 6.45) is 5.06. The first-order valence-corrected chi connectivity index (χ1v) is 7.89. The zero-order chi connectivity index (χ0) is 18.1. The minimum atomic E-state index is -0.517. The van der Waals surface area contributed by atoms with Gasteiger partial charge in [0.15, 0.2) is 11.5 Å². The Morgan fingerprint density at radius 3 is 2.73 bits per heavy atom. The highest BCUT2D eigenvalue weighted by atomic mass is 16.1. The fourth-order valence-electron chi connectivity index (χ4n) is 2.68. The van der Waals surface area contributed by atoms with Crippen molar-refractivity contribution in [1.29, 1.82) is 0 Å². The molecular formula is C18H15N7O. The summed E-state index contributed by atoms with van der Waals surface area (Å²) >= 11 is 0. The molecule has 0 aliphatic heterocycles. The van der Waals surface area contributed by atoms with Crippen LogP contribution in [0.25, 0.3) is 22.4 Å². The number of amides is 1. The molecule has 0 saturated carbocycles. The first kappa shape index (κ1) is 15.7. The third kappa shape index (κ3) is 2.73. The van der Waals surface area contributed by atoms with Gasteiger partial charge in [-0.15, -0.1) is 0 Å². The minimum Gasteiger partial charge on any atom is -0.366 e. The number of nitrogens with one attached hydrogen (secondary N) is 1. The number of hydrogen-bond donors (Lipinski definition) is 2. The first-order chi connectivity index (χ1) is 12.6. The Hall–Kier alpha value is -3.81. The number of nitrogens with zero attached hydrogens (tertiary/aromatic N) is 5. The highest BCUT2D eigenvalue weighted by molar-refractivity contribution is 6.00. The molecule has 1 amide bonds. The number of fused-ring (bicyclic) bond motifs is 1. The van der Waals surface area contributed by atoms with Crippen LogP contribution in [0.5, 0.6) is 0 Å². The molecule has 0 unspecified atom stereocenters. The second-order valence-electron chi connectivity index (χ2n) is 5.68. The molecule has 3 heterocycles. The van der Waals surface area contributed by atoms with Crippen molar-refractivity contribution in [3.8, 4) is 11.4 Å². The van der Waals surface area contributed by atoms with Gasteiger partial charge in [-0.2, -0.15) is 5.10 Å². The van der Waals surface area contributed by atoms with Crippen LogP contribution >= 0.6 is 0 Å². The highest BCUT2D eigenvalue weighted by Crippen LogP contribution is 2.28. The fourth-order valence-corrected chi connectivity index (χ4v) is 2.68. The van der Waals surface area contributed by atoms with E-state index >= 15 is 0 Å². The number of para-hydroxylation sites is 1. The molecule has 8 nitrogen and oxygen atoms in total. The molecular weight excluding hydrogens is 330 g/mol. The maximum absolute atomic E-state index is 11.7. The van der Waals surface area contributed by atoms with E-state index in [1.165, 1.54) is 0 Å². The van der Waals surface area contributed by atoms with E-state index in [0.717, 1.165) is 10.9 Å². The Bertz CT molecular complexity index is 1110. The lowest BCUT2D eigenvalue weighted by Gasteiger charge is -2.11. The van der Waals surface area contributed by atoms with Gasteiger partial charge in [0, 0.05) is 25.0 Å². The van der Waals surface area contributed by atoms with Crippen molar-refractivity contribution in [3.05, 3.63) is 60.6 Å². The van der Waals surface area contributed by atoms with Gasteiger partial charge in [0.25, 0.3) is 5.91 Å². The normalized spacial score (nSPS) is 10.8. The molecule has 0 fully saturated rings. The summed E-state index contributed by atoms with van der Waals surface area (Å²) in [5.41, 5.74) is 7.86. The number of pyridine rings is 1. The summed E-state index contributed by atoms with van der Waals surface area (Å²) < 4.78 is 1.67. The summed E-state index contributed by atoms with van der Waals surface area (Å²) in [5.74, 6) is 0.529. The molecule has 0 saturated heterocycles. The number of aryl methyl sites for hydroxylation is 1. The van der Waals surface area contributed by atoms with Gasteiger partial charge in [-0.05, 0) is 24.3 Å². The predicted molar refractivity (Wildman–Crippen MR) is 97.8 cm³/mol. The lowest BCUT2D eigenvalue weighted by Crippen LogP contribution is -2.13. The van der Waals surface area contributed by atoms with E-state index in [0.29, 0.717) is 28.5 Å². The van der Waals surface area contributed by atoms with Gasteiger partial charge in [-0.1, -0.05) is 12.1 Å². The number of hydrogen-bond acceptors (Lipinski definition) is 6. The molecule has 4 aromatic rings. The molecule has 3 aromatic heterocycles. The fraction of sp³-hybridized carbons (Fsp3) is 0.0556. The van der Waals surface area contributed by atoms with E-state index in [-0.39, 0.29) is 0 Å². The van der Waals surface area contributed by atoms with Crippen LogP contribution in [0.2, 0.25) is 0 Å². The molecule has 0 aliphatic rings. The van der Waals surface area contributed by atoms with E-state index in [9.17, 15) is 4.79 Å². The molecule has 0 atom stereocenters. The first-order valence-electron chi connectivity index (χ1n) is 7.89. The lowest BCUT2D eigenvalue weighted by molar-refractivity contribution is 0.100. The van der Waals surface area contributed by atoms with Crippen molar-refractivity contribution >= 4 is 28.4 Å². The van der Waals surface area contributed by atoms with Gasteiger partial charge >= 0.3 is 0 Å². The van der Waals surface area contributed by atoms with Gasteiger partial charge < -0.3 is 11.1 Å². The highest BCUT2D eigenvalue weighted by Gasteiger charge is 2.15. The predicted octanol–water partition coefficient (Wildman–Crippen LogP) is 2.27. The number of primary amides is 1. The topological polar surface area (TPSA) is 112 Å². The van der Waals surface area contributed by atoms with Crippen molar-refractivity contribution < 1.29 is 4.79 Å². The van der Waals surface area contributed by atoms with Gasteiger partial charge in [0.1, 0.15) is 5.82 Å². The molecule has 8 heteroatoms. The average molecular weight is 345 g/mol. The van der Waals surface area contributed by atoms with Crippen LogP contribution in [0, 0.1) is 0 Å². The maximum atomic E-state index is 11.7. The Balaban J connectivity index is 1.88. The second kappa shape index (κ2) is 6.25. The summed E-state index contributed by atoms with van der Waals surface area (Å²) in [6, 6.07) is 10.7. The van der Waals surface area contributed by atoms with E-state index in [2.05, 4.69) is 25.4 Å². The largest absolute Gasteiger partial charge is 0.366 e. The SMILES string of the molecule is Cn1ncc2c(Nc3ccccc3C(N)=O)nc(-c3cccnc3)nc21. The minimum absolute atomic E-state index is 0.381. The van der Waals surface area contributed by atoms with E-state index in [1.807, 2.05) is 25.2 Å². The lowest BCUT2D eigenvalue weighted by atomic mass is 10.1. The van der Waals surface area contributed by atoms with Crippen molar-refractivity contribution in [3.63, 3.8) is 0 Å². The van der Waals surface area contributed by atoms with Gasteiger partial charge in [0.2, 0.25) is 0 Å². The molecule has 1 aromatic carbocycles. The third-order valence-corrected chi connectivity index (χ3v) is 3.96. The maximum Gasteiger partial charge on any atom is 0.250 e. The molecule has 0 spiro atoms. The molecule has 4 rings (SSSR count). The molecule has 0 aliphatic carbocycles. The molecule has 0 bridgehead atoms. The van der Waals surface area contributed by atoms with Crippen LogP contribution in [0.3, 0.4) is 0 Å². The molecule has 0 radical (unpaired) electrons. The van der Waals surface area contributed by atoms with Gasteiger partial charge in [-0.3, -0.25) is 14.5 Å². The quantitative estimate of drug-likeness (QED) is 0.587. The summed E-state index contributed by atoms with van der Waals surface area (Å²) in [5, 5.41) is 8.19. The van der Waals surface area contributed by atoms with Gasteiger partial charge in [0.05, 0.1) is 22.8 Å². The van der Waals surface area contributed by atoms with Crippen molar-refractivity contribution in [2.75, 3.05) is 5.32 Å². The smallest absolute Gasteiger partial charge is 0.250 e. The summed E-state index contributed by atoms with van der Waals surface area (Å²) in [6.45, 7) is 0. The zero-order valence-electron chi connectivity index (χ0n) is 13.9. The molecule has 3 N–H and O–H groups in total. The second-order valence-corrected chi connectivity index (χ2v) is 5.68. The van der Waals surface area contributed by atoms with Crippen molar-refractivity contribution in [1.82, 2.24) is 24.7 Å². The van der Waals surface area contributed by atoms with Gasteiger partial charge in [-0.25, -0.2) is 9.97 Å².